The Kier molecular flexibility index (Phi) is 4.59. The third-order valence-corrected chi connectivity index (χ3v) is 4.06. The van der Waals surface area contributed by atoms with Crippen LogP contribution in [0.2, 0.25) is 0 Å². The maximum atomic E-state index is 11.2. The van der Waals surface area contributed by atoms with Gasteiger partial charge in [-0.15, -0.1) is 0 Å². The molecule has 0 aliphatic carbocycles. The molecular weight excluding hydrogens is 258 g/mol. The summed E-state index contributed by atoms with van der Waals surface area (Å²) >= 11 is 0. The van der Waals surface area contributed by atoms with Crippen molar-refractivity contribution in [2.24, 2.45) is 13.0 Å². The maximum Gasteiger partial charge on any atom is 0.333 e. The Morgan fingerprint density at radius 1 is 1.45 bits per heavy atom. The molecule has 1 aliphatic heterocycles. The Balaban J connectivity index is 2.09. The zero-order valence-electron chi connectivity index (χ0n) is 12.4. The molecule has 0 unspecified atom stereocenters. The van der Waals surface area contributed by atoms with E-state index in [1.165, 1.54) is 6.42 Å². The topological polar surface area (TPSA) is 76.2 Å². The van der Waals surface area contributed by atoms with Gasteiger partial charge in [0.1, 0.15) is 5.69 Å². The molecule has 0 radical (unpaired) electrons. The average molecular weight is 281 g/mol. The Morgan fingerprint density at radius 3 is 2.65 bits per heavy atom. The lowest BCUT2D eigenvalue weighted by Crippen LogP contribution is -2.36. The number of aromatic nitrogens is 2. The predicted octanol–water partition coefficient (Wildman–Crippen LogP) is 1.46. The molecule has 0 saturated carbocycles. The largest absolute Gasteiger partial charge is 0.351 e. The second kappa shape index (κ2) is 6.21. The van der Waals surface area contributed by atoms with Crippen molar-refractivity contribution < 1.29 is 4.92 Å². The van der Waals surface area contributed by atoms with Gasteiger partial charge in [-0.05, 0) is 45.7 Å². The molecule has 0 atom stereocenters. The number of nitrogens with zero attached hydrogens (tertiary/aromatic N) is 4. The van der Waals surface area contributed by atoms with Crippen LogP contribution in [-0.2, 0) is 7.05 Å². The van der Waals surface area contributed by atoms with E-state index in [2.05, 4.69) is 15.3 Å². The van der Waals surface area contributed by atoms with Crippen molar-refractivity contribution in [2.45, 2.75) is 26.2 Å². The molecule has 1 N–H and O–H groups in total. The van der Waals surface area contributed by atoms with Gasteiger partial charge in [0.25, 0.3) is 0 Å². The molecule has 1 aliphatic rings. The molecule has 20 heavy (non-hydrogen) atoms. The number of hydrogen-bond acceptors (Lipinski definition) is 5. The summed E-state index contributed by atoms with van der Waals surface area (Å²) in [5.41, 5.74) is 0.644. The third-order valence-electron chi connectivity index (χ3n) is 4.06. The quantitative estimate of drug-likeness (QED) is 0.653. The van der Waals surface area contributed by atoms with Crippen molar-refractivity contribution in [3.8, 4) is 0 Å². The molecule has 1 fully saturated rings. The second-order valence-electron chi connectivity index (χ2n) is 5.46. The molecule has 7 heteroatoms. The van der Waals surface area contributed by atoms with Gasteiger partial charge in [-0.1, -0.05) is 0 Å². The van der Waals surface area contributed by atoms with Crippen molar-refractivity contribution in [1.29, 1.82) is 0 Å². The monoisotopic (exact) mass is 281 g/mol. The van der Waals surface area contributed by atoms with Crippen LogP contribution in [0.1, 0.15) is 25.0 Å². The molecule has 7 nitrogen and oxygen atoms in total. The highest BCUT2D eigenvalue weighted by molar-refractivity contribution is 5.61. The molecule has 1 saturated heterocycles. The van der Waals surface area contributed by atoms with E-state index in [1.54, 1.807) is 18.7 Å². The molecule has 0 bridgehead atoms. The van der Waals surface area contributed by atoms with Crippen LogP contribution in [-0.4, -0.2) is 41.4 Å². The summed E-state index contributed by atoms with van der Waals surface area (Å²) in [4.78, 5) is 13.0. The standard InChI is InChI=1S/C13H23N5O2/c1-10-12(18(19)20)13(16(3)15-10)17-8-5-11(6-9-17)4-7-14-2/h11,14H,4-9H2,1-3H3. The number of anilines is 1. The van der Waals surface area contributed by atoms with E-state index in [1.807, 2.05) is 7.05 Å². The first-order valence-electron chi connectivity index (χ1n) is 7.12. The summed E-state index contributed by atoms with van der Waals surface area (Å²) in [6.45, 7) is 4.47. The van der Waals surface area contributed by atoms with E-state index < -0.39 is 0 Å². The number of nitro groups is 1. The first-order valence-corrected chi connectivity index (χ1v) is 7.12. The lowest BCUT2D eigenvalue weighted by molar-refractivity contribution is -0.384. The van der Waals surface area contributed by atoms with Gasteiger partial charge in [-0.3, -0.25) is 10.1 Å². The summed E-state index contributed by atoms with van der Waals surface area (Å²) in [7, 11) is 3.75. The normalized spacial score (nSPS) is 16.6. The minimum Gasteiger partial charge on any atom is -0.351 e. The summed E-state index contributed by atoms with van der Waals surface area (Å²) in [5, 5.41) is 18.6. The molecule has 2 heterocycles. The number of piperidine rings is 1. The summed E-state index contributed by atoms with van der Waals surface area (Å²) in [6, 6.07) is 0. The third kappa shape index (κ3) is 2.92. The van der Waals surface area contributed by atoms with E-state index in [-0.39, 0.29) is 10.6 Å². The first kappa shape index (κ1) is 14.8. The van der Waals surface area contributed by atoms with Gasteiger partial charge in [-0.25, -0.2) is 4.68 Å². The van der Waals surface area contributed by atoms with Gasteiger partial charge >= 0.3 is 5.69 Å². The van der Waals surface area contributed by atoms with Gasteiger partial charge in [0.15, 0.2) is 0 Å². The van der Waals surface area contributed by atoms with E-state index in [0.29, 0.717) is 17.4 Å². The molecule has 1 aromatic rings. The lowest BCUT2D eigenvalue weighted by atomic mass is 9.93. The molecule has 112 valence electrons. The minimum absolute atomic E-state index is 0.154. The number of nitrogens with one attached hydrogen (secondary N) is 1. The van der Waals surface area contributed by atoms with Gasteiger partial charge in [0, 0.05) is 20.1 Å². The van der Waals surface area contributed by atoms with Gasteiger partial charge < -0.3 is 10.2 Å². The minimum atomic E-state index is -0.315. The number of aryl methyl sites for hydroxylation is 2. The molecule has 2 rings (SSSR count). The summed E-state index contributed by atoms with van der Waals surface area (Å²) in [6.07, 6.45) is 3.35. The van der Waals surface area contributed by atoms with Gasteiger partial charge in [0.05, 0.1) is 4.92 Å². The lowest BCUT2D eigenvalue weighted by Gasteiger charge is -2.32. The second-order valence-corrected chi connectivity index (χ2v) is 5.46. The van der Waals surface area contributed by atoms with Gasteiger partial charge in [-0.2, -0.15) is 5.10 Å². The first-order chi connectivity index (χ1) is 9.54. The highest BCUT2D eigenvalue weighted by Gasteiger charge is 2.30. The molecule has 1 aromatic heterocycles. The fourth-order valence-corrected chi connectivity index (χ4v) is 2.98. The van der Waals surface area contributed by atoms with Crippen LogP contribution in [0, 0.1) is 23.0 Å². The Hall–Kier alpha value is -1.63. The van der Waals surface area contributed by atoms with E-state index in [0.717, 1.165) is 32.5 Å². The van der Waals surface area contributed by atoms with Crippen molar-refractivity contribution >= 4 is 11.5 Å². The van der Waals surface area contributed by atoms with E-state index in [4.69, 9.17) is 0 Å². The van der Waals surface area contributed by atoms with Crippen molar-refractivity contribution in [1.82, 2.24) is 15.1 Å². The zero-order valence-corrected chi connectivity index (χ0v) is 12.4. The SMILES string of the molecule is CNCCC1CCN(c2c([N+](=O)[O-])c(C)nn2C)CC1. The molecule has 0 aromatic carbocycles. The van der Waals surface area contributed by atoms with Gasteiger partial charge in [0.2, 0.25) is 5.82 Å². The van der Waals surface area contributed by atoms with Crippen LogP contribution < -0.4 is 10.2 Å². The van der Waals surface area contributed by atoms with Crippen LogP contribution in [0.4, 0.5) is 11.5 Å². The summed E-state index contributed by atoms with van der Waals surface area (Å²) < 4.78 is 1.64. The number of hydrogen-bond donors (Lipinski definition) is 1. The van der Waals surface area contributed by atoms with Crippen molar-refractivity contribution in [3.05, 3.63) is 15.8 Å². The Morgan fingerprint density at radius 2 is 2.10 bits per heavy atom. The van der Waals surface area contributed by atoms with Crippen molar-refractivity contribution in [2.75, 3.05) is 31.6 Å². The van der Waals surface area contributed by atoms with Crippen molar-refractivity contribution in [3.63, 3.8) is 0 Å². The highest BCUT2D eigenvalue weighted by Crippen LogP contribution is 2.33. The molecule has 0 amide bonds. The van der Waals surface area contributed by atoms with Crippen LogP contribution in [0.25, 0.3) is 0 Å². The summed E-state index contributed by atoms with van der Waals surface area (Å²) in [5.74, 6) is 1.37. The Bertz CT molecular complexity index is 477. The van der Waals surface area contributed by atoms with E-state index in [9.17, 15) is 10.1 Å². The Labute approximate surface area is 119 Å². The van der Waals surface area contributed by atoms with Crippen LogP contribution in [0.5, 0.6) is 0 Å². The fourth-order valence-electron chi connectivity index (χ4n) is 2.98. The zero-order chi connectivity index (χ0) is 14.7. The average Bonchev–Trinajstić information content (AvgIpc) is 2.72. The van der Waals surface area contributed by atoms with E-state index >= 15 is 0 Å². The fraction of sp³-hybridized carbons (Fsp3) is 0.769. The van der Waals surface area contributed by atoms with Crippen LogP contribution in [0.3, 0.4) is 0 Å². The predicted molar refractivity (Wildman–Crippen MR) is 78.1 cm³/mol. The number of rotatable bonds is 5. The van der Waals surface area contributed by atoms with Crippen LogP contribution in [0.15, 0.2) is 0 Å². The molecule has 0 spiro atoms. The highest BCUT2D eigenvalue weighted by atomic mass is 16.6. The van der Waals surface area contributed by atoms with Crippen LogP contribution >= 0.6 is 0 Å². The smallest absolute Gasteiger partial charge is 0.333 e. The molecular formula is C13H23N5O2. The maximum absolute atomic E-state index is 11.2.